The van der Waals surface area contributed by atoms with Crippen LogP contribution in [0, 0.1) is 0 Å². The number of thiophene rings is 1. The number of hydrogen-bond acceptors (Lipinski definition) is 6. The zero-order valence-electron chi connectivity index (χ0n) is 14.7. The van der Waals surface area contributed by atoms with E-state index in [2.05, 4.69) is 9.82 Å². The molecule has 142 valence electrons. The Labute approximate surface area is 161 Å². The summed E-state index contributed by atoms with van der Waals surface area (Å²) in [5.74, 6) is 0.741. The summed E-state index contributed by atoms with van der Waals surface area (Å²) >= 11 is 1.16. The Morgan fingerprint density at radius 1 is 1.15 bits per heavy atom. The maximum atomic E-state index is 12.1. The molecule has 27 heavy (non-hydrogen) atoms. The van der Waals surface area contributed by atoms with E-state index in [9.17, 15) is 13.2 Å². The summed E-state index contributed by atoms with van der Waals surface area (Å²) < 4.78 is 33.4. The lowest BCUT2D eigenvalue weighted by molar-refractivity contribution is 0.415. The maximum absolute atomic E-state index is 12.1. The van der Waals surface area contributed by atoms with Gasteiger partial charge in [-0.15, -0.1) is 11.3 Å². The third-order valence-corrected chi connectivity index (χ3v) is 6.71. The fourth-order valence-electron chi connectivity index (χ4n) is 2.45. The molecule has 0 unspecified atom stereocenters. The standard InChI is InChI=1S/C18H19N3O4S2/c1-25-15-7-5-14(6-8-15)16-9-10-17(22)21(20-16)12-3-11-19-27(23,24)18-4-2-13-26-18/h2,4-10,13,19H,3,11-12H2,1H3. The van der Waals surface area contributed by atoms with Gasteiger partial charge >= 0.3 is 0 Å². The van der Waals surface area contributed by atoms with Crippen molar-refractivity contribution in [3.8, 4) is 17.0 Å². The average molecular weight is 406 g/mol. The van der Waals surface area contributed by atoms with Crippen LogP contribution in [0.2, 0.25) is 0 Å². The molecular weight excluding hydrogens is 386 g/mol. The molecule has 0 saturated heterocycles. The zero-order chi connectivity index (χ0) is 19.3. The molecule has 0 amide bonds. The number of nitrogens with one attached hydrogen (secondary N) is 1. The summed E-state index contributed by atoms with van der Waals surface area (Å²) in [6.07, 6.45) is 0.448. The summed E-state index contributed by atoms with van der Waals surface area (Å²) in [7, 11) is -1.89. The van der Waals surface area contributed by atoms with Gasteiger partial charge in [0.15, 0.2) is 0 Å². The molecule has 2 heterocycles. The topological polar surface area (TPSA) is 90.3 Å². The van der Waals surface area contributed by atoms with Gasteiger partial charge in [-0.25, -0.2) is 17.8 Å². The first-order chi connectivity index (χ1) is 13.0. The van der Waals surface area contributed by atoms with Crippen LogP contribution in [0.3, 0.4) is 0 Å². The normalized spacial score (nSPS) is 11.4. The largest absolute Gasteiger partial charge is 0.497 e. The summed E-state index contributed by atoms with van der Waals surface area (Å²) in [5, 5.41) is 6.08. The van der Waals surface area contributed by atoms with Crippen molar-refractivity contribution >= 4 is 21.4 Å². The molecule has 0 bridgehead atoms. The van der Waals surface area contributed by atoms with Crippen LogP contribution in [-0.4, -0.2) is 31.9 Å². The molecule has 9 heteroatoms. The van der Waals surface area contributed by atoms with E-state index in [4.69, 9.17) is 4.74 Å². The van der Waals surface area contributed by atoms with E-state index in [1.807, 2.05) is 24.3 Å². The summed E-state index contributed by atoms with van der Waals surface area (Å²) in [6, 6.07) is 13.8. The molecule has 0 aliphatic heterocycles. The number of sulfonamides is 1. The van der Waals surface area contributed by atoms with E-state index in [0.29, 0.717) is 18.7 Å². The molecule has 2 aromatic heterocycles. The quantitative estimate of drug-likeness (QED) is 0.581. The van der Waals surface area contributed by atoms with Crippen LogP contribution in [-0.2, 0) is 16.6 Å². The van der Waals surface area contributed by atoms with Gasteiger partial charge in [-0.1, -0.05) is 6.07 Å². The summed E-state index contributed by atoms with van der Waals surface area (Å²) in [6.45, 7) is 0.539. The molecule has 1 N–H and O–H groups in total. The zero-order valence-corrected chi connectivity index (χ0v) is 16.3. The number of benzene rings is 1. The van der Waals surface area contributed by atoms with Crippen LogP contribution >= 0.6 is 11.3 Å². The molecule has 0 aliphatic rings. The Morgan fingerprint density at radius 2 is 1.93 bits per heavy atom. The molecule has 1 aromatic carbocycles. The number of aryl methyl sites for hydroxylation is 1. The Bertz CT molecular complexity index is 1040. The van der Waals surface area contributed by atoms with Gasteiger partial charge in [0.2, 0.25) is 10.0 Å². The van der Waals surface area contributed by atoms with Gasteiger partial charge in [0.25, 0.3) is 5.56 Å². The predicted molar refractivity (Wildman–Crippen MR) is 105 cm³/mol. The van der Waals surface area contributed by atoms with E-state index in [1.54, 1.807) is 30.7 Å². The highest BCUT2D eigenvalue weighted by molar-refractivity contribution is 7.91. The van der Waals surface area contributed by atoms with Gasteiger partial charge in [0, 0.05) is 24.7 Å². The highest BCUT2D eigenvalue weighted by atomic mass is 32.2. The second-order valence-electron chi connectivity index (χ2n) is 5.69. The van der Waals surface area contributed by atoms with Crippen LogP contribution in [0.4, 0.5) is 0 Å². The second-order valence-corrected chi connectivity index (χ2v) is 8.63. The van der Waals surface area contributed by atoms with Crippen molar-refractivity contribution < 1.29 is 13.2 Å². The van der Waals surface area contributed by atoms with Gasteiger partial charge in [-0.05, 0) is 48.2 Å². The Morgan fingerprint density at radius 3 is 2.59 bits per heavy atom. The van der Waals surface area contributed by atoms with E-state index >= 15 is 0 Å². The highest BCUT2D eigenvalue weighted by Crippen LogP contribution is 2.19. The molecule has 0 spiro atoms. The third-order valence-electron chi connectivity index (χ3n) is 3.85. The number of methoxy groups -OCH3 is 1. The van der Waals surface area contributed by atoms with Crippen LogP contribution in [0.25, 0.3) is 11.3 Å². The molecule has 3 rings (SSSR count). The van der Waals surface area contributed by atoms with Gasteiger partial charge in [-0.3, -0.25) is 4.79 Å². The molecule has 0 aliphatic carbocycles. The Balaban J connectivity index is 1.64. The SMILES string of the molecule is COc1ccc(-c2ccc(=O)n(CCCNS(=O)(=O)c3cccs3)n2)cc1. The van der Waals surface area contributed by atoms with Crippen LogP contribution in [0.1, 0.15) is 6.42 Å². The van der Waals surface area contributed by atoms with Gasteiger partial charge in [0.05, 0.1) is 12.8 Å². The minimum atomic E-state index is -3.49. The fraction of sp³-hybridized carbons (Fsp3) is 0.222. The van der Waals surface area contributed by atoms with Crippen molar-refractivity contribution in [2.45, 2.75) is 17.2 Å². The third kappa shape index (κ3) is 4.82. The van der Waals surface area contributed by atoms with E-state index in [-0.39, 0.29) is 16.3 Å². The minimum absolute atomic E-state index is 0.223. The van der Waals surface area contributed by atoms with E-state index in [1.165, 1.54) is 10.7 Å². The van der Waals surface area contributed by atoms with Crippen molar-refractivity contribution in [1.82, 2.24) is 14.5 Å². The first-order valence-electron chi connectivity index (χ1n) is 8.25. The van der Waals surface area contributed by atoms with Gasteiger partial charge in [0.1, 0.15) is 9.96 Å². The number of ether oxygens (including phenoxy) is 1. The predicted octanol–water partition coefficient (Wildman–Crippen LogP) is 2.35. The molecule has 0 fully saturated rings. The first kappa shape index (κ1) is 19.3. The van der Waals surface area contributed by atoms with Crippen molar-refractivity contribution in [1.29, 1.82) is 0 Å². The minimum Gasteiger partial charge on any atom is -0.497 e. The Hall–Kier alpha value is -2.49. The van der Waals surface area contributed by atoms with E-state index in [0.717, 1.165) is 22.6 Å². The molecular formula is C18H19N3O4S2. The maximum Gasteiger partial charge on any atom is 0.266 e. The van der Waals surface area contributed by atoms with E-state index < -0.39 is 10.0 Å². The number of nitrogens with zero attached hydrogens (tertiary/aromatic N) is 2. The lowest BCUT2D eigenvalue weighted by Crippen LogP contribution is -2.27. The number of rotatable bonds is 8. The lowest BCUT2D eigenvalue weighted by Gasteiger charge is -2.08. The van der Waals surface area contributed by atoms with Crippen LogP contribution in [0.15, 0.2) is 62.9 Å². The monoisotopic (exact) mass is 405 g/mol. The highest BCUT2D eigenvalue weighted by Gasteiger charge is 2.14. The van der Waals surface area contributed by atoms with Crippen molar-refractivity contribution in [3.05, 3.63) is 64.3 Å². The summed E-state index contributed by atoms with van der Waals surface area (Å²) in [4.78, 5) is 12.0. The number of aromatic nitrogens is 2. The molecule has 0 saturated carbocycles. The lowest BCUT2D eigenvalue weighted by atomic mass is 10.1. The summed E-state index contributed by atoms with van der Waals surface area (Å²) in [5.41, 5.74) is 1.30. The first-order valence-corrected chi connectivity index (χ1v) is 10.6. The van der Waals surface area contributed by atoms with Crippen LogP contribution in [0.5, 0.6) is 5.75 Å². The molecule has 7 nitrogen and oxygen atoms in total. The van der Waals surface area contributed by atoms with Gasteiger partial charge < -0.3 is 4.74 Å². The molecule has 0 atom stereocenters. The fourth-order valence-corrected chi connectivity index (χ4v) is 4.56. The van der Waals surface area contributed by atoms with Crippen molar-refractivity contribution in [2.24, 2.45) is 0 Å². The Kier molecular flexibility index (Phi) is 6.04. The van der Waals surface area contributed by atoms with Gasteiger partial charge in [-0.2, -0.15) is 5.10 Å². The second kappa shape index (κ2) is 8.47. The van der Waals surface area contributed by atoms with Crippen molar-refractivity contribution in [3.63, 3.8) is 0 Å². The molecule has 0 radical (unpaired) electrons. The van der Waals surface area contributed by atoms with Crippen LogP contribution < -0.4 is 15.0 Å². The molecule has 3 aromatic rings. The smallest absolute Gasteiger partial charge is 0.266 e. The number of hydrogen-bond donors (Lipinski definition) is 1. The van der Waals surface area contributed by atoms with Crippen molar-refractivity contribution in [2.75, 3.05) is 13.7 Å². The average Bonchev–Trinajstić information content (AvgIpc) is 3.22.